The molecular weight excluding hydrogens is 304 g/mol. The highest BCUT2D eigenvalue weighted by molar-refractivity contribution is 5.51. The predicted octanol–water partition coefficient (Wildman–Crippen LogP) is 2.45. The number of aliphatic hydroxyl groups excluding tert-OH is 1. The summed E-state index contributed by atoms with van der Waals surface area (Å²) in [5, 5.41) is 16.7. The van der Waals surface area contributed by atoms with Gasteiger partial charge in [-0.25, -0.2) is 0 Å². The van der Waals surface area contributed by atoms with Crippen LogP contribution in [0, 0.1) is 5.92 Å². The van der Waals surface area contributed by atoms with E-state index in [1.54, 1.807) is 0 Å². The van der Waals surface area contributed by atoms with E-state index in [1.807, 2.05) is 13.0 Å². The summed E-state index contributed by atoms with van der Waals surface area (Å²) in [4.78, 5) is 6.79. The van der Waals surface area contributed by atoms with Gasteiger partial charge in [0, 0.05) is 25.3 Å². The molecular formula is C18H26N4O2. The number of rotatable bonds is 7. The fraction of sp³-hybridized carbons (Fsp3) is 0.556. The highest BCUT2D eigenvalue weighted by Crippen LogP contribution is 2.22. The Hall–Kier alpha value is -1.92. The molecule has 0 radical (unpaired) electrons. The van der Waals surface area contributed by atoms with Gasteiger partial charge in [-0.1, -0.05) is 30.3 Å². The molecule has 24 heavy (non-hydrogen) atoms. The van der Waals surface area contributed by atoms with Gasteiger partial charge in [-0.2, -0.15) is 4.98 Å². The molecule has 2 N–H and O–H groups in total. The molecule has 1 aliphatic heterocycles. The standard InChI is InChI=1S/C18H26N4O2/c1-2-18-20-17(21-24-18)11-19-16-6-4-3-5-15(16)12-22-9-7-14(13-23)8-10-22/h3-6,14,19,23H,2,7-13H2,1H3. The third kappa shape index (κ3) is 4.33. The molecule has 0 spiro atoms. The first-order valence-electron chi connectivity index (χ1n) is 8.75. The maximum absolute atomic E-state index is 9.26. The smallest absolute Gasteiger partial charge is 0.226 e. The first-order chi connectivity index (χ1) is 11.8. The Balaban J connectivity index is 1.58. The van der Waals surface area contributed by atoms with Crippen molar-refractivity contribution in [3.63, 3.8) is 0 Å². The molecule has 0 bridgehead atoms. The Morgan fingerprint density at radius 3 is 2.79 bits per heavy atom. The molecule has 6 heteroatoms. The van der Waals surface area contributed by atoms with Crippen LogP contribution in [0.4, 0.5) is 5.69 Å². The second kappa shape index (κ2) is 8.26. The second-order valence-electron chi connectivity index (χ2n) is 6.37. The van der Waals surface area contributed by atoms with Gasteiger partial charge >= 0.3 is 0 Å². The first kappa shape index (κ1) is 16.9. The fourth-order valence-electron chi connectivity index (χ4n) is 3.08. The van der Waals surface area contributed by atoms with E-state index in [9.17, 15) is 5.11 Å². The third-order valence-corrected chi connectivity index (χ3v) is 4.63. The van der Waals surface area contributed by atoms with E-state index in [-0.39, 0.29) is 0 Å². The summed E-state index contributed by atoms with van der Waals surface area (Å²) in [6.45, 7) is 5.89. The summed E-state index contributed by atoms with van der Waals surface area (Å²) in [6, 6.07) is 8.37. The molecule has 1 aliphatic rings. The zero-order valence-corrected chi connectivity index (χ0v) is 14.2. The maximum atomic E-state index is 9.26. The first-order valence-corrected chi connectivity index (χ1v) is 8.75. The van der Waals surface area contributed by atoms with Crippen molar-refractivity contribution in [2.24, 2.45) is 5.92 Å². The highest BCUT2D eigenvalue weighted by atomic mass is 16.5. The van der Waals surface area contributed by atoms with Gasteiger partial charge in [0.1, 0.15) is 0 Å². The number of hydrogen-bond acceptors (Lipinski definition) is 6. The summed E-state index contributed by atoms with van der Waals surface area (Å²) in [5.74, 6) is 1.83. The molecule has 1 saturated heterocycles. The van der Waals surface area contributed by atoms with E-state index in [2.05, 4.69) is 38.6 Å². The molecule has 0 atom stereocenters. The molecule has 1 aromatic heterocycles. The van der Waals surface area contributed by atoms with Crippen LogP contribution in [0.15, 0.2) is 28.8 Å². The zero-order chi connectivity index (χ0) is 16.8. The largest absolute Gasteiger partial charge is 0.396 e. The van der Waals surface area contributed by atoms with Crippen LogP contribution in [0.2, 0.25) is 0 Å². The van der Waals surface area contributed by atoms with Crippen molar-refractivity contribution >= 4 is 5.69 Å². The van der Waals surface area contributed by atoms with Crippen molar-refractivity contribution in [2.75, 3.05) is 25.0 Å². The molecule has 3 rings (SSSR count). The minimum absolute atomic E-state index is 0.316. The molecule has 2 heterocycles. The molecule has 2 aromatic rings. The van der Waals surface area contributed by atoms with Crippen molar-refractivity contribution in [3.8, 4) is 0 Å². The lowest BCUT2D eigenvalue weighted by Gasteiger charge is -2.31. The lowest BCUT2D eigenvalue weighted by molar-refractivity contribution is 0.127. The van der Waals surface area contributed by atoms with Gasteiger partial charge in [-0.05, 0) is 43.5 Å². The number of likely N-dealkylation sites (tertiary alicyclic amines) is 1. The average Bonchev–Trinajstić information content (AvgIpc) is 3.10. The number of aromatic nitrogens is 2. The van der Waals surface area contributed by atoms with Crippen molar-refractivity contribution < 1.29 is 9.63 Å². The van der Waals surface area contributed by atoms with Crippen LogP contribution in [0.25, 0.3) is 0 Å². The van der Waals surface area contributed by atoms with E-state index in [0.29, 0.717) is 30.8 Å². The summed E-state index contributed by atoms with van der Waals surface area (Å²) >= 11 is 0. The van der Waals surface area contributed by atoms with Crippen LogP contribution in [0.5, 0.6) is 0 Å². The minimum Gasteiger partial charge on any atom is -0.396 e. The molecule has 1 fully saturated rings. The van der Waals surface area contributed by atoms with E-state index in [4.69, 9.17) is 4.52 Å². The van der Waals surface area contributed by atoms with E-state index < -0.39 is 0 Å². The van der Waals surface area contributed by atoms with E-state index >= 15 is 0 Å². The summed E-state index contributed by atoms with van der Waals surface area (Å²) in [5.41, 5.74) is 2.39. The fourth-order valence-corrected chi connectivity index (χ4v) is 3.08. The lowest BCUT2D eigenvalue weighted by atomic mass is 9.97. The minimum atomic E-state index is 0.316. The normalized spacial score (nSPS) is 16.4. The number of benzene rings is 1. The van der Waals surface area contributed by atoms with E-state index in [0.717, 1.165) is 44.6 Å². The van der Waals surface area contributed by atoms with Crippen LogP contribution in [0.1, 0.15) is 37.0 Å². The number of hydrogen-bond donors (Lipinski definition) is 2. The molecule has 1 aromatic carbocycles. The van der Waals surface area contributed by atoms with Crippen molar-refractivity contribution in [1.29, 1.82) is 0 Å². The van der Waals surface area contributed by atoms with Crippen LogP contribution >= 0.6 is 0 Å². The topological polar surface area (TPSA) is 74.4 Å². The second-order valence-corrected chi connectivity index (χ2v) is 6.37. The van der Waals surface area contributed by atoms with E-state index in [1.165, 1.54) is 5.56 Å². The number of nitrogens with zero attached hydrogens (tertiary/aromatic N) is 3. The van der Waals surface area contributed by atoms with Crippen LogP contribution < -0.4 is 5.32 Å². The molecule has 130 valence electrons. The Kier molecular flexibility index (Phi) is 5.82. The van der Waals surface area contributed by atoms with Gasteiger partial charge in [0.25, 0.3) is 0 Å². The number of piperidine rings is 1. The van der Waals surface area contributed by atoms with Gasteiger partial charge in [-0.15, -0.1) is 0 Å². The van der Waals surface area contributed by atoms with Crippen LogP contribution in [-0.4, -0.2) is 39.8 Å². The summed E-state index contributed by atoms with van der Waals surface area (Å²) < 4.78 is 5.14. The quantitative estimate of drug-likeness (QED) is 0.812. The van der Waals surface area contributed by atoms with Gasteiger partial charge in [0.2, 0.25) is 5.89 Å². The SMILES string of the molecule is CCc1nc(CNc2ccccc2CN2CCC(CO)CC2)no1. The third-order valence-electron chi connectivity index (χ3n) is 4.63. The van der Waals surface area contributed by atoms with Gasteiger partial charge < -0.3 is 14.9 Å². The maximum Gasteiger partial charge on any atom is 0.226 e. The molecule has 6 nitrogen and oxygen atoms in total. The summed E-state index contributed by atoms with van der Waals surface area (Å²) in [6.07, 6.45) is 2.91. The summed E-state index contributed by atoms with van der Waals surface area (Å²) in [7, 11) is 0. The molecule has 0 aliphatic carbocycles. The van der Waals surface area contributed by atoms with Crippen LogP contribution in [0.3, 0.4) is 0 Å². The average molecular weight is 330 g/mol. The van der Waals surface area contributed by atoms with Gasteiger partial charge in [-0.3, -0.25) is 4.90 Å². The molecule has 0 amide bonds. The van der Waals surface area contributed by atoms with Gasteiger partial charge in [0.15, 0.2) is 5.82 Å². The molecule has 0 unspecified atom stereocenters. The Labute approximate surface area is 142 Å². The van der Waals surface area contributed by atoms with Crippen molar-refractivity contribution in [2.45, 2.75) is 39.3 Å². The lowest BCUT2D eigenvalue weighted by Crippen LogP contribution is -2.34. The number of anilines is 1. The highest BCUT2D eigenvalue weighted by Gasteiger charge is 2.19. The van der Waals surface area contributed by atoms with Crippen LogP contribution in [-0.2, 0) is 19.5 Å². The zero-order valence-electron chi connectivity index (χ0n) is 14.2. The number of aliphatic hydroxyl groups is 1. The monoisotopic (exact) mass is 330 g/mol. The van der Waals surface area contributed by atoms with Crippen molar-refractivity contribution in [1.82, 2.24) is 15.0 Å². The molecule has 0 saturated carbocycles. The number of para-hydroxylation sites is 1. The number of nitrogens with one attached hydrogen (secondary N) is 1. The van der Waals surface area contributed by atoms with Gasteiger partial charge in [0.05, 0.1) is 6.54 Å². The Bertz CT molecular complexity index is 635. The Morgan fingerprint density at radius 2 is 2.08 bits per heavy atom. The Morgan fingerprint density at radius 1 is 1.29 bits per heavy atom. The predicted molar refractivity (Wildman–Crippen MR) is 92.5 cm³/mol. The van der Waals surface area contributed by atoms with Crippen molar-refractivity contribution in [3.05, 3.63) is 41.5 Å². The number of aryl methyl sites for hydroxylation is 1.